The third-order valence-corrected chi connectivity index (χ3v) is 4.80. The molecule has 0 aliphatic heterocycles. The Kier molecular flexibility index (Phi) is 5.02. The van der Waals surface area contributed by atoms with Crippen LogP contribution in [0.5, 0.6) is 0 Å². The van der Waals surface area contributed by atoms with Gasteiger partial charge in [-0.25, -0.2) is 4.98 Å². The van der Waals surface area contributed by atoms with E-state index in [2.05, 4.69) is 25.5 Å². The standard InChI is InChI=1S/C20H20ClN7O/c1-12-8-14(3)27(26-12)10-13(2)24-19(29)18-9-17(15-4-6-16(21)7-5-15)25-20-22-11-23-28(18)20/h4-9,11,13H,10H2,1-3H3,(H,24,29). The van der Waals surface area contributed by atoms with Crippen LogP contribution in [0, 0.1) is 13.8 Å². The number of halogens is 1. The average Bonchev–Trinajstić information content (AvgIpc) is 3.27. The minimum atomic E-state index is -0.257. The molecule has 1 atom stereocenters. The summed E-state index contributed by atoms with van der Waals surface area (Å²) >= 11 is 5.98. The molecule has 3 heterocycles. The number of aryl methyl sites for hydroxylation is 2. The molecule has 0 fully saturated rings. The summed E-state index contributed by atoms with van der Waals surface area (Å²) in [6.45, 7) is 6.45. The first-order valence-corrected chi connectivity index (χ1v) is 9.57. The van der Waals surface area contributed by atoms with Gasteiger partial charge >= 0.3 is 0 Å². The average molecular weight is 410 g/mol. The Morgan fingerprint density at radius 1 is 1.21 bits per heavy atom. The first-order valence-electron chi connectivity index (χ1n) is 9.19. The number of rotatable bonds is 5. The van der Waals surface area contributed by atoms with E-state index in [1.54, 1.807) is 18.2 Å². The van der Waals surface area contributed by atoms with Crippen molar-refractivity contribution in [3.63, 3.8) is 0 Å². The van der Waals surface area contributed by atoms with Crippen LogP contribution in [0.15, 0.2) is 42.7 Å². The van der Waals surface area contributed by atoms with Gasteiger partial charge in [0.15, 0.2) is 0 Å². The monoisotopic (exact) mass is 409 g/mol. The Hall–Kier alpha value is -3.26. The number of hydrogen-bond acceptors (Lipinski definition) is 5. The van der Waals surface area contributed by atoms with Gasteiger partial charge in [0.2, 0.25) is 0 Å². The predicted octanol–water partition coefficient (Wildman–Crippen LogP) is 3.08. The lowest BCUT2D eigenvalue weighted by atomic mass is 10.1. The van der Waals surface area contributed by atoms with Crippen molar-refractivity contribution < 1.29 is 4.79 Å². The maximum Gasteiger partial charge on any atom is 0.270 e. The molecule has 1 N–H and O–H groups in total. The molecule has 9 heteroatoms. The molecule has 4 aromatic rings. The van der Waals surface area contributed by atoms with Crippen LogP contribution < -0.4 is 5.32 Å². The second kappa shape index (κ2) is 7.63. The molecule has 0 spiro atoms. The number of fused-ring (bicyclic) bond motifs is 1. The van der Waals surface area contributed by atoms with Gasteiger partial charge < -0.3 is 5.32 Å². The van der Waals surface area contributed by atoms with Crippen LogP contribution in [-0.4, -0.2) is 41.3 Å². The molecule has 1 unspecified atom stereocenters. The SMILES string of the molecule is Cc1cc(C)n(CC(C)NC(=O)c2cc(-c3ccc(Cl)cc3)nc3ncnn23)n1. The van der Waals surface area contributed by atoms with Crippen molar-refractivity contribution in [3.05, 3.63) is 64.8 Å². The number of benzene rings is 1. The summed E-state index contributed by atoms with van der Waals surface area (Å²) < 4.78 is 3.32. The highest BCUT2D eigenvalue weighted by Gasteiger charge is 2.18. The summed E-state index contributed by atoms with van der Waals surface area (Å²) in [5.74, 6) is 0.0981. The minimum Gasteiger partial charge on any atom is -0.346 e. The summed E-state index contributed by atoms with van der Waals surface area (Å²) in [7, 11) is 0. The molecule has 0 saturated carbocycles. The Morgan fingerprint density at radius 2 is 1.97 bits per heavy atom. The summed E-state index contributed by atoms with van der Waals surface area (Å²) in [6.07, 6.45) is 1.38. The molecule has 3 aromatic heterocycles. The second-order valence-corrected chi connectivity index (χ2v) is 7.43. The van der Waals surface area contributed by atoms with Crippen molar-refractivity contribution in [2.75, 3.05) is 0 Å². The first kappa shape index (κ1) is 19.1. The zero-order chi connectivity index (χ0) is 20.5. The molecule has 29 heavy (non-hydrogen) atoms. The maximum atomic E-state index is 13.0. The number of hydrogen-bond donors (Lipinski definition) is 1. The predicted molar refractivity (Wildman–Crippen MR) is 110 cm³/mol. The molecule has 0 bridgehead atoms. The number of carbonyl (C=O) groups is 1. The lowest BCUT2D eigenvalue weighted by Crippen LogP contribution is -2.37. The van der Waals surface area contributed by atoms with E-state index in [1.807, 2.05) is 43.7 Å². The van der Waals surface area contributed by atoms with Gasteiger partial charge in [-0.1, -0.05) is 23.7 Å². The maximum absolute atomic E-state index is 13.0. The molecule has 1 aromatic carbocycles. The molecule has 8 nitrogen and oxygen atoms in total. The van der Waals surface area contributed by atoms with Gasteiger partial charge in [0.25, 0.3) is 11.7 Å². The number of nitrogens with one attached hydrogen (secondary N) is 1. The largest absolute Gasteiger partial charge is 0.346 e. The van der Waals surface area contributed by atoms with Gasteiger partial charge in [-0.3, -0.25) is 9.48 Å². The van der Waals surface area contributed by atoms with Crippen LogP contribution in [0.3, 0.4) is 0 Å². The van der Waals surface area contributed by atoms with Gasteiger partial charge in [0.1, 0.15) is 12.0 Å². The van der Waals surface area contributed by atoms with E-state index in [1.165, 1.54) is 10.8 Å². The zero-order valence-electron chi connectivity index (χ0n) is 16.3. The molecule has 0 aliphatic rings. The fourth-order valence-corrected chi connectivity index (χ4v) is 3.33. The van der Waals surface area contributed by atoms with E-state index in [-0.39, 0.29) is 11.9 Å². The fraction of sp³-hybridized carbons (Fsp3) is 0.250. The van der Waals surface area contributed by atoms with Gasteiger partial charge in [-0.15, -0.1) is 0 Å². The van der Waals surface area contributed by atoms with E-state index in [0.717, 1.165) is 17.0 Å². The van der Waals surface area contributed by atoms with Gasteiger partial charge in [0.05, 0.1) is 17.9 Å². The fourth-order valence-electron chi connectivity index (χ4n) is 3.21. The lowest BCUT2D eigenvalue weighted by molar-refractivity contribution is 0.0928. The quantitative estimate of drug-likeness (QED) is 0.547. The third-order valence-electron chi connectivity index (χ3n) is 4.55. The third kappa shape index (κ3) is 3.97. The Balaban J connectivity index is 1.62. The molecule has 4 rings (SSSR count). The van der Waals surface area contributed by atoms with E-state index >= 15 is 0 Å². The van der Waals surface area contributed by atoms with Crippen LogP contribution >= 0.6 is 11.6 Å². The van der Waals surface area contributed by atoms with E-state index in [4.69, 9.17) is 11.6 Å². The van der Waals surface area contributed by atoms with Crippen LogP contribution in [0.25, 0.3) is 17.0 Å². The van der Waals surface area contributed by atoms with Crippen molar-refractivity contribution in [1.29, 1.82) is 0 Å². The number of carbonyl (C=O) groups excluding carboxylic acids is 1. The second-order valence-electron chi connectivity index (χ2n) is 6.99. The highest BCUT2D eigenvalue weighted by molar-refractivity contribution is 6.30. The Labute approximate surface area is 172 Å². The van der Waals surface area contributed by atoms with Gasteiger partial charge in [-0.05, 0) is 45.0 Å². The van der Waals surface area contributed by atoms with Gasteiger partial charge in [-0.2, -0.15) is 19.7 Å². The Bertz CT molecular complexity index is 1180. The molecular formula is C20H20ClN7O. The smallest absolute Gasteiger partial charge is 0.270 e. The van der Waals surface area contributed by atoms with Crippen LogP contribution in [0.2, 0.25) is 5.02 Å². The summed E-state index contributed by atoms with van der Waals surface area (Å²) in [5, 5.41) is 12.2. The molecule has 0 aliphatic carbocycles. The Morgan fingerprint density at radius 3 is 2.66 bits per heavy atom. The molecular weight excluding hydrogens is 390 g/mol. The lowest BCUT2D eigenvalue weighted by Gasteiger charge is -2.16. The van der Waals surface area contributed by atoms with Crippen molar-refractivity contribution in [2.45, 2.75) is 33.4 Å². The van der Waals surface area contributed by atoms with Crippen molar-refractivity contribution in [2.24, 2.45) is 0 Å². The number of amides is 1. The topological polar surface area (TPSA) is 90.0 Å². The number of nitrogens with zero attached hydrogens (tertiary/aromatic N) is 6. The molecule has 148 valence electrons. The number of aromatic nitrogens is 6. The van der Waals surface area contributed by atoms with Crippen molar-refractivity contribution in [3.8, 4) is 11.3 Å². The van der Waals surface area contributed by atoms with Crippen molar-refractivity contribution in [1.82, 2.24) is 34.7 Å². The highest BCUT2D eigenvalue weighted by atomic mass is 35.5. The van der Waals surface area contributed by atoms with Crippen LogP contribution in [-0.2, 0) is 6.54 Å². The molecule has 0 radical (unpaired) electrons. The molecule has 1 amide bonds. The van der Waals surface area contributed by atoms with E-state index in [9.17, 15) is 4.79 Å². The first-order chi connectivity index (χ1) is 13.9. The highest BCUT2D eigenvalue weighted by Crippen LogP contribution is 2.21. The summed E-state index contributed by atoms with van der Waals surface area (Å²) in [4.78, 5) is 21.6. The molecule has 0 saturated heterocycles. The van der Waals surface area contributed by atoms with Crippen molar-refractivity contribution >= 4 is 23.3 Å². The van der Waals surface area contributed by atoms with E-state index < -0.39 is 0 Å². The zero-order valence-corrected chi connectivity index (χ0v) is 17.1. The normalized spacial score (nSPS) is 12.3. The van der Waals surface area contributed by atoms with Gasteiger partial charge in [0, 0.05) is 22.3 Å². The summed E-state index contributed by atoms with van der Waals surface area (Å²) in [5.41, 5.74) is 3.82. The van der Waals surface area contributed by atoms with Crippen LogP contribution in [0.1, 0.15) is 28.8 Å². The van der Waals surface area contributed by atoms with E-state index in [0.29, 0.717) is 28.7 Å². The van der Waals surface area contributed by atoms with Crippen LogP contribution in [0.4, 0.5) is 0 Å². The summed E-state index contributed by atoms with van der Waals surface area (Å²) in [6, 6.07) is 10.8. The minimum absolute atomic E-state index is 0.133.